The molecule has 9 atom stereocenters. The average molecular weight is 627 g/mol. The number of halogens is 2. The van der Waals surface area contributed by atoms with Crippen molar-refractivity contribution >= 4 is 31.4 Å². The molecule has 0 amide bonds. The van der Waals surface area contributed by atoms with E-state index in [9.17, 15) is 15.0 Å². The SMILES string of the molecule is Br.C.CN1C2CC(OC(=O)C(CO)c3ccccc3)CC1C1OC12.C[NH+]1C2CC(O)CC1C1OC12.[B].[Cl-].[H-].[Na+]. The number of carbonyl (C=O) groups excluding carboxylic acids is 1. The Bertz CT molecular complexity index is 882. The Morgan fingerprint density at radius 3 is 2.08 bits per heavy atom. The van der Waals surface area contributed by atoms with Crippen molar-refractivity contribution in [1.82, 2.24) is 4.90 Å². The molecule has 0 aromatic heterocycles. The Morgan fingerprint density at radius 2 is 1.58 bits per heavy atom. The Morgan fingerprint density at radius 1 is 1.08 bits per heavy atom. The summed E-state index contributed by atoms with van der Waals surface area (Å²) in [6.45, 7) is -0.226. The number of fused-ring (bicyclic) bond motifs is 10. The number of carbonyl (C=O) groups is 1. The van der Waals surface area contributed by atoms with E-state index in [1.54, 1.807) is 4.90 Å². The van der Waals surface area contributed by atoms with Crippen molar-refractivity contribution in [3.63, 3.8) is 0 Å². The number of esters is 1. The van der Waals surface area contributed by atoms with Gasteiger partial charge in [-0.1, -0.05) is 37.8 Å². The molecule has 6 aliphatic heterocycles. The van der Waals surface area contributed by atoms with Crippen LogP contribution in [0.5, 0.6) is 0 Å². The summed E-state index contributed by atoms with van der Waals surface area (Å²) in [6, 6.07) is 11.2. The normalized spacial score (nSPS) is 40.8. The predicted molar refractivity (Wildman–Crippen MR) is 142 cm³/mol. The number of benzene rings is 1. The van der Waals surface area contributed by atoms with E-state index in [0.29, 0.717) is 48.6 Å². The summed E-state index contributed by atoms with van der Waals surface area (Å²) < 4.78 is 16.9. The summed E-state index contributed by atoms with van der Waals surface area (Å²) in [5, 5.41) is 19.0. The van der Waals surface area contributed by atoms with Gasteiger partial charge in [0.2, 0.25) is 0 Å². The van der Waals surface area contributed by atoms with E-state index in [0.717, 1.165) is 31.2 Å². The molecular formula is C26H41BBrClN2NaO6. The summed E-state index contributed by atoms with van der Waals surface area (Å²) >= 11 is 0. The molecule has 209 valence electrons. The second kappa shape index (κ2) is 14.5. The van der Waals surface area contributed by atoms with E-state index in [2.05, 4.69) is 19.0 Å². The van der Waals surface area contributed by atoms with Gasteiger partial charge in [-0.2, -0.15) is 0 Å². The van der Waals surface area contributed by atoms with Gasteiger partial charge in [-0.3, -0.25) is 9.69 Å². The van der Waals surface area contributed by atoms with E-state index in [4.69, 9.17) is 14.2 Å². The molecule has 1 aromatic carbocycles. The Kier molecular flexibility index (Phi) is 13.8. The van der Waals surface area contributed by atoms with Crippen molar-refractivity contribution in [2.75, 3.05) is 20.7 Å². The Balaban J connectivity index is 0.000000735. The summed E-state index contributed by atoms with van der Waals surface area (Å²) in [7, 11) is 4.36. The van der Waals surface area contributed by atoms with Crippen LogP contribution in [0.4, 0.5) is 0 Å². The summed E-state index contributed by atoms with van der Waals surface area (Å²) in [6.07, 6.45) is 5.10. The first-order valence-electron chi connectivity index (χ1n) is 12.4. The Labute approximate surface area is 268 Å². The zero-order valence-corrected chi connectivity index (χ0v) is 26.1. The van der Waals surface area contributed by atoms with Gasteiger partial charge >= 0.3 is 35.5 Å². The second-order valence-corrected chi connectivity index (χ2v) is 10.7. The van der Waals surface area contributed by atoms with Crippen molar-refractivity contribution in [2.45, 2.75) is 99.8 Å². The molecule has 8 nitrogen and oxygen atoms in total. The number of aliphatic hydroxyl groups is 2. The van der Waals surface area contributed by atoms with Gasteiger partial charge in [0, 0.05) is 46.2 Å². The van der Waals surface area contributed by atoms with Crippen molar-refractivity contribution in [2.24, 2.45) is 0 Å². The van der Waals surface area contributed by atoms with Crippen molar-refractivity contribution in [3.8, 4) is 0 Å². The largest absolute Gasteiger partial charge is 1.00 e. The number of nitrogens with one attached hydrogen (secondary N) is 1. The smallest absolute Gasteiger partial charge is 1.00 e. The second-order valence-electron chi connectivity index (χ2n) is 10.7. The van der Waals surface area contributed by atoms with Crippen LogP contribution in [-0.4, -0.2) is 111 Å². The quantitative estimate of drug-likeness (QED) is 0.174. The van der Waals surface area contributed by atoms with Gasteiger partial charge in [0.15, 0.2) is 0 Å². The molecule has 6 saturated heterocycles. The molecule has 7 rings (SSSR count). The van der Waals surface area contributed by atoms with Crippen molar-refractivity contribution in [1.29, 1.82) is 0 Å². The first-order chi connectivity index (χ1) is 16.0. The molecule has 6 fully saturated rings. The van der Waals surface area contributed by atoms with E-state index >= 15 is 0 Å². The Hall–Kier alpha value is 0.285. The molecule has 6 heterocycles. The third-order valence-electron chi connectivity index (χ3n) is 8.90. The van der Waals surface area contributed by atoms with Crippen LogP contribution in [0.15, 0.2) is 30.3 Å². The van der Waals surface area contributed by atoms with Crippen LogP contribution in [0.25, 0.3) is 0 Å². The maximum absolute atomic E-state index is 12.4. The molecule has 1 aromatic rings. The molecular weight excluding hydrogens is 585 g/mol. The van der Waals surface area contributed by atoms with Crippen molar-refractivity contribution in [3.05, 3.63) is 35.9 Å². The predicted octanol–water partition coefficient (Wildman–Crippen LogP) is -5.95. The van der Waals surface area contributed by atoms with E-state index < -0.39 is 5.92 Å². The zero-order valence-electron chi connectivity index (χ0n) is 22.6. The maximum atomic E-state index is 12.4. The zero-order chi connectivity index (χ0) is 22.9. The van der Waals surface area contributed by atoms with Gasteiger partial charge < -0.3 is 43.2 Å². The third kappa shape index (κ3) is 6.67. The number of epoxide rings is 2. The van der Waals surface area contributed by atoms with Gasteiger partial charge in [0.25, 0.3) is 0 Å². The molecule has 6 aliphatic rings. The minimum absolute atomic E-state index is 0. The van der Waals surface area contributed by atoms with Crippen LogP contribution in [0.2, 0.25) is 0 Å². The number of piperidine rings is 2. The van der Waals surface area contributed by atoms with Crippen LogP contribution in [0, 0.1) is 0 Å². The van der Waals surface area contributed by atoms with Gasteiger partial charge in [-0.25, -0.2) is 0 Å². The van der Waals surface area contributed by atoms with Crippen LogP contribution in [0.3, 0.4) is 0 Å². The monoisotopic (exact) mass is 625 g/mol. The van der Waals surface area contributed by atoms with E-state index in [-0.39, 0.29) is 101 Å². The topological polar surface area (TPSA) is 99.5 Å². The maximum Gasteiger partial charge on any atom is 1.00 e. The van der Waals surface area contributed by atoms with Gasteiger partial charge in [0.05, 0.1) is 19.8 Å². The minimum Gasteiger partial charge on any atom is -1.00 e. The molecule has 0 saturated carbocycles. The molecule has 0 spiro atoms. The fourth-order valence-electron chi connectivity index (χ4n) is 6.94. The summed E-state index contributed by atoms with van der Waals surface area (Å²) in [5.41, 5.74) is 0.803. The fourth-order valence-corrected chi connectivity index (χ4v) is 6.94. The van der Waals surface area contributed by atoms with Crippen LogP contribution in [0.1, 0.15) is 46.0 Å². The molecule has 9 unspecified atom stereocenters. The molecule has 12 heteroatoms. The minimum atomic E-state index is -0.593. The van der Waals surface area contributed by atoms with Gasteiger partial charge in [-0.05, 0) is 12.6 Å². The molecule has 0 aliphatic carbocycles. The van der Waals surface area contributed by atoms with Gasteiger partial charge in [-0.15, -0.1) is 17.0 Å². The molecule has 3 radical (unpaired) electrons. The number of rotatable bonds is 4. The first kappa shape index (κ1) is 36.3. The van der Waals surface area contributed by atoms with E-state index in [1.807, 2.05) is 30.3 Å². The first-order valence-corrected chi connectivity index (χ1v) is 12.4. The van der Waals surface area contributed by atoms with Crippen LogP contribution >= 0.6 is 17.0 Å². The third-order valence-corrected chi connectivity index (χ3v) is 8.90. The van der Waals surface area contributed by atoms with Gasteiger partial charge in [0.1, 0.15) is 48.5 Å². The number of morpholine rings is 2. The van der Waals surface area contributed by atoms with Crippen LogP contribution in [-0.2, 0) is 19.0 Å². The number of aliphatic hydroxyl groups excluding tert-OH is 2. The standard InChI is InChI=1S/C17H21NO4.C8H13NO2.CH4.B.BrH.ClH.Na.H/c1-18-13-7-11(8-14(18)16-15(13)22-16)21-17(20)12(9-19)10-5-3-2-4-6-10;1-9-5-2-4(10)3-6(9)8-7(5)11-8;;;;;;/h2-6,11-16,19H,7-9H2,1H3;4-8,10H,2-3H2,1H3;1H4;;2*1H;;/q;;;;;;+1;-1. The average Bonchev–Trinajstić information content (AvgIpc) is 3.69. The number of quaternary nitrogens is 1. The molecule has 4 bridgehead atoms. The fraction of sp³-hybridized carbons (Fsp3) is 0.731. The summed E-state index contributed by atoms with van der Waals surface area (Å²) in [4.78, 5) is 16.4. The number of nitrogens with zero attached hydrogens (tertiary/aromatic N) is 1. The van der Waals surface area contributed by atoms with Crippen molar-refractivity contribution < 1.29 is 77.5 Å². The van der Waals surface area contributed by atoms with E-state index in [1.165, 1.54) is 0 Å². The number of hydrogen-bond donors (Lipinski definition) is 3. The van der Waals surface area contributed by atoms with Crippen LogP contribution < -0.4 is 46.9 Å². The number of hydrogen-bond acceptors (Lipinski definition) is 7. The molecule has 38 heavy (non-hydrogen) atoms. The number of likely N-dealkylation sites (N-methyl/N-ethyl adjacent to an activating group) is 2. The number of ether oxygens (including phenoxy) is 3. The summed E-state index contributed by atoms with van der Waals surface area (Å²) in [5.74, 6) is -0.915. The molecule has 3 N–H and O–H groups in total.